The monoisotopic (exact) mass is 240 g/mol. The van der Waals surface area contributed by atoms with Crippen molar-refractivity contribution in [2.75, 3.05) is 0 Å². The fraction of sp³-hybridized carbons (Fsp3) is 0.200. The van der Waals surface area contributed by atoms with E-state index in [1.807, 2.05) is 0 Å². The topological polar surface area (TPSA) is 57.4 Å². The van der Waals surface area contributed by atoms with Crippen LogP contribution in [0.3, 0.4) is 0 Å². The number of rotatable bonds is 1. The standard InChI is InChI=1S/C10H6F2N2O3/c1-5-13-9(14-17-5)6-2-3-7-8(4-6)16-10(11,12)15-7/h2-4H,1H3. The van der Waals surface area contributed by atoms with Crippen LogP contribution < -0.4 is 9.47 Å². The molecular formula is C10H6F2N2O3. The Kier molecular flexibility index (Phi) is 1.86. The van der Waals surface area contributed by atoms with Gasteiger partial charge in [-0.2, -0.15) is 4.98 Å². The molecule has 7 heteroatoms. The summed E-state index contributed by atoms with van der Waals surface area (Å²) in [6, 6.07) is 4.30. The second-order valence-electron chi connectivity index (χ2n) is 3.47. The number of halogens is 2. The maximum Gasteiger partial charge on any atom is 0.586 e. The van der Waals surface area contributed by atoms with Gasteiger partial charge in [0.05, 0.1) is 0 Å². The van der Waals surface area contributed by atoms with Gasteiger partial charge in [0, 0.05) is 12.5 Å². The Balaban J connectivity index is 2.01. The highest BCUT2D eigenvalue weighted by atomic mass is 19.3. The van der Waals surface area contributed by atoms with Crippen molar-refractivity contribution in [3.8, 4) is 22.9 Å². The fourth-order valence-corrected chi connectivity index (χ4v) is 1.50. The number of hydrogen-bond donors (Lipinski definition) is 0. The number of nitrogens with zero attached hydrogens (tertiary/aromatic N) is 2. The van der Waals surface area contributed by atoms with E-state index in [0.29, 0.717) is 17.3 Å². The third-order valence-corrected chi connectivity index (χ3v) is 2.19. The Morgan fingerprint density at radius 3 is 2.65 bits per heavy atom. The van der Waals surface area contributed by atoms with Crippen LogP contribution in [-0.4, -0.2) is 16.4 Å². The van der Waals surface area contributed by atoms with Gasteiger partial charge in [0.25, 0.3) is 0 Å². The van der Waals surface area contributed by atoms with Gasteiger partial charge in [-0.15, -0.1) is 8.78 Å². The smallest absolute Gasteiger partial charge is 0.395 e. The minimum atomic E-state index is -3.62. The highest BCUT2D eigenvalue weighted by Gasteiger charge is 2.43. The lowest BCUT2D eigenvalue weighted by Crippen LogP contribution is -2.25. The van der Waals surface area contributed by atoms with Gasteiger partial charge in [0.2, 0.25) is 11.7 Å². The van der Waals surface area contributed by atoms with Gasteiger partial charge >= 0.3 is 6.29 Å². The molecule has 0 bridgehead atoms. The van der Waals surface area contributed by atoms with Crippen molar-refractivity contribution in [3.63, 3.8) is 0 Å². The quantitative estimate of drug-likeness (QED) is 0.765. The molecule has 0 unspecified atom stereocenters. The molecule has 2 aromatic rings. The average molecular weight is 240 g/mol. The highest BCUT2D eigenvalue weighted by molar-refractivity contribution is 5.61. The van der Waals surface area contributed by atoms with E-state index in [9.17, 15) is 8.78 Å². The van der Waals surface area contributed by atoms with Crippen molar-refractivity contribution in [2.24, 2.45) is 0 Å². The largest absolute Gasteiger partial charge is 0.586 e. The zero-order valence-electron chi connectivity index (χ0n) is 8.61. The van der Waals surface area contributed by atoms with Crippen molar-refractivity contribution in [1.29, 1.82) is 0 Å². The van der Waals surface area contributed by atoms with Crippen LogP contribution in [0.1, 0.15) is 5.89 Å². The molecule has 0 radical (unpaired) electrons. The summed E-state index contributed by atoms with van der Waals surface area (Å²) in [6.45, 7) is 1.64. The lowest BCUT2D eigenvalue weighted by atomic mass is 10.2. The van der Waals surface area contributed by atoms with Crippen LogP contribution >= 0.6 is 0 Å². The van der Waals surface area contributed by atoms with Gasteiger partial charge in [-0.25, -0.2) is 0 Å². The van der Waals surface area contributed by atoms with Crippen LogP contribution in [0.15, 0.2) is 22.7 Å². The zero-order chi connectivity index (χ0) is 12.0. The molecule has 17 heavy (non-hydrogen) atoms. The second-order valence-corrected chi connectivity index (χ2v) is 3.47. The fourth-order valence-electron chi connectivity index (χ4n) is 1.50. The summed E-state index contributed by atoms with van der Waals surface area (Å²) < 4.78 is 39.0. The van der Waals surface area contributed by atoms with E-state index in [4.69, 9.17) is 4.52 Å². The van der Waals surface area contributed by atoms with E-state index in [1.54, 1.807) is 13.0 Å². The number of fused-ring (bicyclic) bond motifs is 1. The Bertz CT molecular complexity index is 583. The number of ether oxygens (including phenoxy) is 2. The zero-order valence-corrected chi connectivity index (χ0v) is 8.61. The molecule has 5 nitrogen and oxygen atoms in total. The molecule has 0 saturated carbocycles. The van der Waals surface area contributed by atoms with Crippen molar-refractivity contribution < 1.29 is 22.8 Å². The molecule has 0 atom stereocenters. The Hall–Kier alpha value is -2.18. The Labute approximate surface area is 94.0 Å². The normalized spacial score (nSPS) is 16.2. The van der Waals surface area contributed by atoms with Gasteiger partial charge in [-0.1, -0.05) is 5.16 Å². The summed E-state index contributed by atoms with van der Waals surface area (Å²) in [5.41, 5.74) is 0.516. The summed E-state index contributed by atoms with van der Waals surface area (Å²) in [5, 5.41) is 3.68. The molecule has 0 spiro atoms. The summed E-state index contributed by atoms with van der Waals surface area (Å²) in [6.07, 6.45) is -3.62. The Morgan fingerprint density at radius 2 is 1.94 bits per heavy atom. The van der Waals surface area contributed by atoms with E-state index < -0.39 is 6.29 Å². The number of aryl methyl sites for hydroxylation is 1. The van der Waals surface area contributed by atoms with E-state index in [2.05, 4.69) is 19.6 Å². The number of hydrogen-bond acceptors (Lipinski definition) is 5. The van der Waals surface area contributed by atoms with E-state index in [0.717, 1.165) is 0 Å². The maximum atomic E-state index is 12.8. The summed E-state index contributed by atoms with van der Waals surface area (Å²) >= 11 is 0. The minimum Gasteiger partial charge on any atom is -0.395 e. The molecule has 88 valence electrons. The minimum absolute atomic E-state index is 0.0148. The van der Waals surface area contributed by atoms with Crippen molar-refractivity contribution in [2.45, 2.75) is 13.2 Å². The third kappa shape index (κ3) is 1.69. The van der Waals surface area contributed by atoms with Gasteiger partial charge in [0.1, 0.15) is 0 Å². The van der Waals surface area contributed by atoms with E-state index in [-0.39, 0.29) is 11.5 Å². The first kappa shape index (κ1) is 10.0. The summed E-state index contributed by atoms with van der Waals surface area (Å²) in [5.74, 6) is 0.640. The first-order chi connectivity index (χ1) is 8.03. The third-order valence-electron chi connectivity index (χ3n) is 2.19. The lowest BCUT2D eigenvalue weighted by Gasteiger charge is -2.04. The van der Waals surface area contributed by atoms with Crippen LogP contribution in [0.25, 0.3) is 11.4 Å². The highest BCUT2D eigenvalue weighted by Crippen LogP contribution is 2.42. The van der Waals surface area contributed by atoms with Crippen molar-refractivity contribution in [1.82, 2.24) is 10.1 Å². The van der Waals surface area contributed by atoms with Gasteiger partial charge in [-0.3, -0.25) is 0 Å². The molecular weight excluding hydrogens is 234 g/mol. The molecule has 3 rings (SSSR count). The molecule has 0 amide bonds. The lowest BCUT2D eigenvalue weighted by molar-refractivity contribution is -0.286. The molecule has 0 fully saturated rings. The molecule has 0 saturated heterocycles. The first-order valence-electron chi connectivity index (χ1n) is 4.74. The summed E-state index contributed by atoms with van der Waals surface area (Å²) in [4.78, 5) is 3.98. The van der Waals surface area contributed by atoms with Gasteiger partial charge in [0.15, 0.2) is 11.5 Å². The van der Waals surface area contributed by atoms with Crippen LogP contribution in [0.2, 0.25) is 0 Å². The number of alkyl halides is 2. The van der Waals surface area contributed by atoms with Crippen molar-refractivity contribution in [3.05, 3.63) is 24.1 Å². The number of benzene rings is 1. The molecule has 1 aliphatic rings. The molecule has 2 heterocycles. The van der Waals surface area contributed by atoms with Gasteiger partial charge < -0.3 is 14.0 Å². The predicted molar refractivity (Wildman–Crippen MR) is 50.7 cm³/mol. The SMILES string of the molecule is Cc1nc(-c2ccc3c(c2)OC(F)(F)O3)no1. The summed E-state index contributed by atoms with van der Waals surface area (Å²) in [7, 11) is 0. The second kappa shape index (κ2) is 3.16. The van der Waals surface area contributed by atoms with Crippen LogP contribution in [0.5, 0.6) is 11.5 Å². The molecule has 0 aliphatic carbocycles. The average Bonchev–Trinajstić information content (AvgIpc) is 2.78. The molecule has 0 N–H and O–H groups in total. The predicted octanol–water partition coefficient (Wildman–Crippen LogP) is 2.37. The Morgan fingerprint density at radius 1 is 1.18 bits per heavy atom. The van der Waals surface area contributed by atoms with Crippen LogP contribution in [0.4, 0.5) is 8.78 Å². The molecule has 1 aromatic carbocycles. The molecule has 1 aliphatic heterocycles. The van der Waals surface area contributed by atoms with Gasteiger partial charge in [-0.05, 0) is 18.2 Å². The van der Waals surface area contributed by atoms with E-state index >= 15 is 0 Å². The number of aromatic nitrogens is 2. The van der Waals surface area contributed by atoms with Crippen molar-refractivity contribution >= 4 is 0 Å². The maximum absolute atomic E-state index is 12.8. The molecule has 1 aromatic heterocycles. The van der Waals surface area contributed by atoms with Crippen LogP contribution in [0, 0.1) is 6.92 Å². The van der Waals surface area contributed by atoms with E-state index in [1.165, 1.54) is 12.1 Å². The van der Waals surface area contributed by atoms with Crippen LogP contribution in [-0.2, 0) is 0 Å². The first-order valence-corrected chi connectivity index (χ1v) is 4.74.